The molecule has 0 saturated carbocycles. The highest BCUT2D eigenvalue weighted by Gasteiger charge is 2.30. The van der Waals surface area contributed by atoms with E-state index in [0.29, 0.717) is 12.1 Å². The van der Waals surface area contributed by atoms with E-state index in [4.69, 9.17) is 28.0 Å². The zero-order valence-corrected chi connectivity index (χ0v) is 19.9. The van der Waals surface area contributed by atoms with Gasteiger partial charge in [0, 0.05) is 31.3 Å². The summed E-state index contributed by atoms with van der Waals surface area (Å²) in [4.78, 5) is 71.1. The van der Waals surface area contributed by atoms with Gasteiger partial charge in [-0.1, -0.05) is 0 Å². The molecule has 0 aliphatic carbocycles. The molecule has 13 N–H and O–H groups in total. The highest BCUT2D eigenvalue weighted by Crippen LogP contribution is 2.05. The second kappa shape index (κ2) is 14.9. The molecule has 0 radical (unpaired) electrons. The maximum atomic E-state index is 13.0. The first-order valence-corrected chi connectivity index (χ1v) is 11.1. The number of nitrogens with zero attached hydrogens (tertiary/aromatic N) is 2. The molecule has 0 fully saturated rings. The molecule has 4 amide bonds. The van der Waals surface area contributed by atoms with E-state index in [2.05, 4.69) is 30.9 Å². The smallest absolute Gasteiger partial charge is 0.325 e. The molecule has 1 aromatic heterocycles. The van der Waals surface area contributed by atoms with Gasteiger partial charge in [-0.05, 0) is 26.2 Å². The standard InChI is InChI=1S/C20H34N10O6/c1-10(19(35)36)28-18(34)14(7-11-8-25-9-27-11)30-17(33)13(4-5-15(22)31)29-16(32)12(21)3-2-6-26-20(23)24/h8-10,12-14H,2-7,21H2,1H3,(H2,22,31)(H,25,27)(H,28,34)(H,29,32)(H,30,33)(H,35,36)(H4,23,24,26). The van der Waals surface area contributed by atoms with Crippen LogP contribution in [0.25, 0.3) is 0 Å². The number of amides is 4. The molecule has 1 heterocycles. The van der Waals surface area contributed by atoms with Gasteiger partial charge in [-0.3, -0.25) is 29.0 Å². The molecular formula is C20H34N10O6. The van der Waals surface area contributed by atoms with Crippen LogP contribution in [0.5, 0.6) is 0 Å². The van der Waals surface area contributed by atoms with Crippen molar-refractivity contribution in [2.45, 2.75) is 63.2 Å². The van der Waals surface area contributed by atoms with Crippen molar-refractivity contribution in [1.82, 2.24) is 25.9 Å². The Kier molecular flexibility index (Phi) is 12.4. The minimum atomic E-state index is -1.27. The third kappa shape index (κ3) is 11.3. The number of aromatic amines is 1. The summed E-state index contributed by atoms with van der Waals surface area (Å²) in [5.74, 6) is -4.30. The minimum absolute atomic E-state index is 0.0509. The van der Waals surface area contributed by atoms with Crippen molar-refractivity contribution in [3.8, 4) is 0 Å². The fraction of sp³-hybridized carbons (Fsp3) is 0.550. The number of rotatable bonds is 16. The van der Waals surface area contributed by atoms with Gasteiger partial charge < -0.3 is 49.0 Å². The summed E-state index contributed by atoms with van der Waals surface area (Å²) >= 11 is 0. The summed E-state index contributed by atoms with van der Waals surface area (Å²) in [6, 6.07) is -4.69. The van der Waals surface area contributed by atoms with E-state index in [-0.39, 0.29) is 38.2 Å². The molecule has 0 aliphatic rings. The number of H-pyrrole nitrogens is 1. The predicted molar refractivity (Wildman–Crippen MR) is 128 cm³/mol. The zero-order chi connectivity index (χ0) is 27.3. The Bertz CT molecular complexity index is 931. The van der Waals surface area contributed by atoms with E-state index in [1.165, 1.54) is 19.4 Å². The van der Waals surface area contributed by atoms with Crippen LogP contribution in [0.4, 0.5) is 0 Å². The molecule has 4 atom stereocenters. The number of carboxylic acid groups (broad SMARTS) is 1. The van der Waals surface area contributed by atoms with Crippen molar-refractivity contribution in [3.05, 3.63) is 18.2 Å². The highest BCUT2D eigenvalue weighted by atomic mass is 16.4. The monoisotopic (exact) mass is 510 g/mol. The zero-order valence-electron chi connectivity index (χ0n) is 19.9. The van der Waals surface area contributed by atoms with Crippen molar-refractivity contribution in [2.75, 3.05) is 6.54 Å². The van der Waals surface area contributed by atoms with Crippen LogP contribution in [0, 0.1) is 0 Å². The number of guanidine groups is 1. The maximum absolute atomic E-state index is 13.0. The van der Waals surface area contributed by atoms with Crippen LogP contribution in [0.3, 0.4) is 0 Å². The topological polar surface area (TPSA) is 287 Å². The summed E-state index contributed by atoms with van der Waals surface area (Å²) in [5, 5.41) is 16.3. The fourth-order valence-electron chi connectivity index (χ4n) is 2.96. The Labute approximate surface area is 207 Å². The Balaban J connectivity index is 2.94. The second-order valence-corrected chi connectivity index (χ2v) is 8.03. The lowest BCUT2D eigenvalue weighted by Gasteiger charge is -2.24. The van der Waals surface area contributed by atoms with Crippen molar-refractivity contribution in [1.29, 1.82) is 0 Å². The quantitative estimate of drug-likeness (QED) is 0.0592. The molecule has 4 unspecified atom stereocenters. The van der Waals surface area contributed by atoms with Gasteiger partial charge in [0.15, 0.2) is 5.96 Å². The molecule has 16 heteroatoms. The van der Waals surface area contributed by atoms with E-state index >= 15 is 0 Å². The summed E-state index contributed by atoms with van der Waals surface area (Å²) in [6.45, 7) is 1.52. The lowest BCUT2D eigenvalue weighted by molar-refractivity contribution is -0.141. The number of carboxylic acids is 1. The lowest BCUT2D eigenvalue weighted by Crippen LogP contribution is -2.57. The Morgan fingerprint density at radius 2 is 1.67 bits per heavy atom. The van der Waals surface area contributed by atoms with Crippen LogP contribution in [-0.2, 0) is 30.4 Å². The largest absolute Gasteiger partial charge is 0.480 e. The third-order valence-corrected chi connectivity index (χ3v) is 4.96. The van der Waals surface area contributed by atoms with Crippen LogP contribution < -0.4 is 38.9 Å². The molecule has 0 aliphatic heterocycles. The first kappa shape index (κ1) is 29.8. The SMILES string of the molecule is CC(NC(=O)C(Cc1cnc[nH]1)NC(=O)C(CCC(N)=O)NC(=O)C(N)CCCN=C(N)N)C(=O)O. The molecule has 200 valence electrons. The Morgan fingerprint density at radius 1 is 1.03 bits per heavy atom. The first-order valence-electron chi connectivity index (χ1n) is 11.1. The van der Waals surface area contributed by atoms with Crippen molar-refractivity contribution in [2.24, 2.45) is 27.9 Å². The first-order chi connectivity index (χ1) is 16.9. The summed E-state index contributed by atoms with van der Waals surface area (Å²) in [5.41, 5.74) is 22.0. The van der Waals surface area contributed by atoms with Gasteiger partial charge in [-0.2, -0.15) is 0 Å². The van der Waals surface area contributed by atoms with Gasteiger partial charge in [0.05, 0.1) is 12.4 Å². The van der Waals surface area contributed by atoms with Gasteiger partial charge in [0.2, 0.25) is 23.6 Å². The maximum Gasteiger partial charge on any atom is 0.325 e. The normalized spacial score (nSPS) is 13.9. The number of hydrogen-bond acceptors (Lipinski definition) is 8. The highest BCUT2D eigenvalue weighted by molar-refractivity contribution is 5.94. The molecule has 0 spiro atoms. The number of imidazole rings is 1. The average Bonchev–Trinajstić information content (AvgIpc) is 3.31. The van der Waals surface area contributed by atoms with E-state index in [0.717, 1.165) is 0 Å². The van der Waals surface area contributed by atoms with Crippen LogP contribution in [-0.4, -0.2) is 81.3 Å². The van der Waals surface area contributed by atoms with E-state index in [9.17, 15) is 24.0 Å². The number of primary amides is 1. The number of aliphatic carboxylic acids is 1. The third-order valence-electron chi connectivity index (χ3n) is 4.96. The minimum Gasteiger partial charge on any atom is -0.480 e. The molecule has 0 bridgehead atoms. The van der Waals surface area contributed by atoms with Gasteiger partial charge in [0.1, 0.15) is 18.1 Å². The van der Waals surface area contributed by atoms with Crippen molar-refractivity contribution in [3.63, 3.8) is 0 Å². The molecule has 36 heavy (non-hydrogen) atoms. The van der Waals surface area contributed by atoms with Gasteiger partial charge in [-0.25, -0.2) is 4.98 Å². The number of aliphatic imine (C=N–C) groups is 1. The summed E-state index contributed by atoms with van der Waals surface area (Å²) in [7, 11) is 0. The number of nitrogens with two attached hydrogens (primary N) is 4. The number of nitrogens with one attached hydrogen (secondary N) is 4. The van der Waals surface area contributed by atoms with Gasteiger partial charge >= 0.3 is 5.97 Å². The number of carbonyl (C=O) groups excluding carboxylic acids is 4. The summed E-state index contributed by atoms with van der Waals surface area (Å²) < 4.78 is 0. The molecular weight excluding hydrogens is 476 g/mol. The van der Waals surface area contributed by atoms with Crippen molar-refractivity contribution >= 4 is 35.6 Å². The van der Waals surface area contributed by atoms with Gasteiger partial charge in [0.25, 0.3) is 0 Å². The molecule has 1 rings (SSSR count). The van der Waals surface area contributed by atoms with E-state index < -0.39 is 53.8 Å². The Hall–Kier alpha value is -4.21. The molecule has 0 aromatic carbocycles. The van der Waals surface area contributed by atoms with Crippen LogP contribution in [0.15, 0.2) is 17.5 Å². The van der Waals surface area contributed by atoms with Crippen LogP contribution in [0.2, 0.25) is 0 Å². The average molecular weight is 511 g/mol. The van der Waals surface area contributed by atoms with Crippen LogP contribution in [0.1, 0.15) is 38.3 Å². The summed E-state index contributed by atoms with van der Waals surface area (Å²) in [6.07, 6.45) is 2.98. The number of aromatic nitrogens is 2. The number of carbonyl (C=O) groups is 5. The Morgan fingerprint density at radius 3 is 2.22 bits per heavy atom. The van der Waals surface area contributed by atoms with Gasteiger partial charge in [-0.15, -0.1) is 0 Å². The lowest BCUT2D eigenvalue weighted by atomic mass is 10.1. The molecule has 0 saturated heterocycles. The second-order valence-electron chi connectivity index (χ2n) is 8.03. The van der Waals surface area contributed by atoms with Crippen molar-refractivity contribution < 1.29 is 29.1 Å². The molecule has 1 aromatic rings. The fourth-order valence-corrected chi connectivity index (χ4v) is 2.96. The predicted octanol–water partition coefficient (Wildman–Crippen LogP) is -3.84. The van der Waals surface area contributed by atoms with E-state index in [1.54, 1.807) is 0 Å². The van der Waals surface area contributed by atoms with Crippen LogP contribution >= 0.6 is 0 Å². The molecule has 16 nitrogen and oxygen atoms in total. The van der Waals surface area contributed by atoms with E-state index in [1.807, 2.05) is 0 Å². The number of hydrogen-bond donors (Lipinski definition) is 9.